The number of nitrogens with zero attached hydrogens (tertiary/aromatic N) is 2. The van der Waals surface area contributed by atoms with Gasteiger partial charge in [0.1, 0.15) is 5.76 Å². The van der Waals surface area contributed by atoms with Crippen LogP contribution >= 0.6 is 11.3 Å². The summed E-state index contributed by atoms with van der Waals surface area (Å²) >= 11 is 1.18. The van der Waals surface area contributed by atoms with Crippen molar-refractivity contribution in [1.29, 1.82) is 5.26 Å². The van der Waals surface area contributed by atoms with E-state index in [1.165, 1.54) is 30.4 Å². The number of rotatable bonds is 5. The Morgan fingerprint density at radius 3 is 2.86 bits per heavy atom. The molecule has 0 unspecified atom stereocenters. The number of aryl methyl sites for hydroxylation is 1. The molecule has 0 aliphatic heterocycles. The highest BCUT2D eigenvalue weighted by atomic mass is 32.2. The maximum absolute atomic E-state index is 11.8. The highest BCUT2D eigenvalue weighted by Gasteiger charge is 2.21. The van der Waals surface area contributed by atoms with E-state index in [4.69, 9.17) is 9.68 Å². The molecule has 0 fully saturated rings. The lowest BCUT2D eigenvalue weighted by Gasteiger charge is -1.98. The fourth-order valence-corrected chi connectivity index (χ4v) is 3.43. The Morgan fingerprint density at radius 2 is 2.23 bits per heavy atom. The van der Waals surface area contributed by atoms with E-state index in [-0.39, 0.29) is 17.5 Å². The number of carbonyl (C=O) groups excluding carboxylic acids is 1. The molecule has 8 nitrogen and oxygen atoms in total. The lowest BCUT2D eigenvalue weighted by atomic mass is 10.3. The Hall–Kier alpha value is -2.22. The summed E-state index contributed by atoms with van der Waals surface area (Å²) in [5, 5.41) is 11.1. The molecule has 0 aliphatic carbocycles. The summed E-state index contributed by atoms with van der Waals surface area (Å²) in [6, 6.07) is 4.48. The molecule has 0 bridgehead atoms. The minimum atomic E-state index is -3.86. The molecule has 116 valence electrons. The van der Waals surface area contributed by atoms with Gasteiger partial charge in [-0.25, -0.2) is 13.4 Å². The summed E-state index contributed by atoms with van der Waals surface area (Å²) in [7, 11) is -3.86. The molecule has 0 aromatic carbocycles. The van der Waals surface area contributed by atoms with Crippen LogP contribution in [0.4, 0.5) is 5.13 Å². The van der Waals surface area contributed by atoms with E-state index >= 15 is 0 Å². The number of sulfonamides is 1. The molecule has 0 aliphatic rings. The molecule has 1 amide bonds. The van der Waals surface area contributed by atoms with Crippen LogP contribution in [-0.2, 0) is 14.8 Å². The van der Waals surface area contributed by atoms with Gasteiger partial charge in [0.15, 0.2) is 5.13 Å². The zero-order valence-electron chi connectivity index (χ0n) is 11.7. The predicted octanol–water partition coefficient (Wildman–Crippen LogP) is 1.47. The van der Waals surface area contributed by atoms with E-state index in [1.807, 2.05) is 0 Å². The standard InChI is InChI=1S/C12H12N4O4S2/c1-7-11(21-12(15-7)16-8(2)17)9-3-4-10(20-9)22(18,19)14-6-5-13/h3-4,14H,6H2,1-2H3,(H,15,16,17). The summed E-state index contributed by atoms with van der Waals surface area (Å²) in [5.41, 5.74) is 0.608. The van der Waals surface area contributed by atoms with Gasteiger partial charge in [0, 0.05) is 6.92 Å². The second-order valence-corrected chi connectivity index (χ2v) is 6.91. The number of furan rings is 1. The number of carbonyl (C=O) groups is 1. The number of hydrogen-bond donors (Lipinski definition) is 2. The van der Waals surface area contributed by atoms with Gasteiger partial charge >= 0.3 is 0 Å². The van der Waals surface area contributed by atoms with Crippen LogP contribution in [0.2, 0.25) is 0 Å². The van der Waals surface area contributed by atoms with Crippen molar-refractivity contribution in [2.45, 2.75) is 18.9 Å². The fourth-order valence-electron chi connectivity index (χ4n) is 1.61. The van der Waals surface area contributed by atoms with E-state index in [1.54, 1.807) is 13.0 Å². The molecule has 0 atom stereocenters. The molecule has 2 N–H and O–H groups in total. The van der Waals surface area contributed by atoms with Gasteiger partial charge in [0.25, 0.3) is 10.0 Å². The topological polar surface area (TPSA) is 125 Å². The molecule has 10 heteroatoms. The molecule has 0 radical (unpaired) electrons. The highest BCUT2D eigenvalue weighted by molar-refractivity contribution is 7.89. The van der Waals surface area contributed by atoms with Crippen molar-refractivity contribution < 1.29 is 17.6 Å². The lowest BCUT2D eigenvalue weighted by Crippen LogP contribution is -2.23. The van der Waals surface area contributed by atoms with E-state index in [9.17, 15) is 13.2 Å². The first-order chi connectivity index (χ1) is 10.3. The van der Waals surface area contributed by atoms with Crippen LogP contribution in [0.5, 0.6) is 0 Å². The second-order valence-electron chi connectivity index (χ2n) is 4.22. The third-order valence-corrected chi connectivity index (χ3v) is 4.85. The van der Waals surface area contributed by atoms with Crippen LogP contribution in [-0.4, -0.2) is 25.9 Å². The summed E-state index contributed by atoms with van der Waals surface area (Å²) < 4.78 is 31.1. The molecule has 2 aromatic rings. The van der Waals surface area contributed by atoms with Crippen LogP contribution < -0.4 is 10.0 Å². The minimum Gasteiger partial charge on any atom is -0.442 e. The summed E-state index contributed by atoms with van der Waals surface area (Å²) in [6.45, 7) is 2.75. The monoisotopic (exact) mass is 340 g/mol. The zero-order valence-corrected chi connectivity index (χ0v) is 13.3. The lowest BCUT2D eigenvalue weighted by molar-refractivity contribution is -0.114. The predicted molar refractivity (Wildman–Crippen MR) is 79.7 cm³/mol. The van der Waals surface area contributed by atoms with Crippen LogP contribution in [0.15, 0.2) is 21.6 Å². The Labute approximate surface area is 130 Å². The van der Waals surface area contributed by atoms with E-state index in [2.05, 4.69) is 15.0 Å². The van der Waals surface area contributed by atoms with Gasteiger partial charge < -0.3 is 9.73 Å². The average molecular weight is 340 g/mol. The normalized spacial score (nSPS) is 11.1. The Balaban J connectivity index is 2.31. The maximum Gasteiger partial charge on any atom is 0.274 e. The number of nitrogens with one attached hydrogen (secondary N) is 2. The molecule has 2 rings (SSSR count). The van der Waals surface area contributed by atoms with Crippen molar-refractivity contribution in [3.63, 3.8) is 0 Å². The van der Waals surface area contributed by atoms with Crippen LogP contribution in [0.1, 0.15) is 12.6 Å². The van der Waals surface area contributed by atoms with E-state index in [0.29, 0.717) is 21.5 Å². The SMILES string of the molecule is CC(=O)Nc1nc(C)c(-c2ccc(S(=O)(=O)NCC#N)o2)s1. The third-order valence-electron chi connectivity index (χ3n) is 2.49. The zero-order chi connectivity index (χ0) is 16.3. The number of thiazole rings is 1. The quantitative estimate of drug-likeness (QED) is 0.794. The number of aromatic nitrogens is 1. The average Bonchev–Trinajstić information content (AvgIpc) is 3.03. The van der Waals surface area contributed by atoms with Gasteiger partial charge in [0.2, 0.25) is 11.0 Å². The fraction of sp³-hybridized carbons (Fsp3) is 0.250. The first kappa shape index (κ1) is 16.2. The molecule has 2 aromatic heterocycles. The minimum absolute atomic E-state index is 0.247. The molecular formula is C12H12N4O4S2. The number of amides is 1. The van der Waals surface area contributed by atoms with E-state index < -0.39 is 10.0 Å². The molecule has 22 heavy (non-hydrogen) atoms. The first-order valence-electron chi connectivity index (χ1n) is 6.05. The second kappa shape index (κ2) is 6.27. The van der Waals surface area contributed by atoms with Gasteiger partial charge in [-0.05, 0) is 19.1 Å². The Kier molecular flexibility index (Phi) is 4.60. The largest absolute Gasteiger partial charge is 0.442 e. The Morgan fingerprint density at radius 1 is 1.50 bits per heavy atom. The van der Waals surface area contributed by atoms with Crippen molar-refractivity contribution in [3.8, 4) is 16.7 Å². The summed E-state index contributed by atoms with van der Waals surface area (Å²) in [5.74, 6) is 0.0765. The van der Waals surface area contributed by atoms with Gasteiger partial charge in [-0.15, -0.1) is 0 Å². The van der Waals surface area contributed by atoms with Gasteiger partial charge in [-0.2, -0.15) is 9.98 Å². The van der Waals surface area contributed by atoms with Crippen LogP contribution in [0, 0.1) is 18.3 Å². The van der Waals surface area contributed by atoms with Crippen molar-refractivity contribution in [3.05, 3.63) is 17.8 Å². The van der Waals surface area contributed by atoms with Crippen LogP contribution in [0.25, 0.3) is 10.6 Å². The van der Waals surface area contributed by atoms with Gasteiger partial charge in [0.05, 0.1) is 23.2 Å². The van der Waals surface area contributed by atoms with Crippen molar-refractivity contribution in [2.24, 2.45) is 0 Å². The first-order valence-corrected chi connectivity index (χ1v) is 8.35. The summed E-state index contributed by atoms with van der Waals surface area (Å²) in [6.07, 6.45) is 0. The number of nitriles is 1. The summed E-state index contributed by atoms with van der Waals surface area (Å²) in [4.78, 5) is 15.8. The van der Waals surface area contributed by atoms with Crippen molar-refractivity contribution in [1.82, 2.24) is 9.71 Å². The number of anilines is 1. The number of hydrogen-bond acceptors (Lipinski definition) is 7. The molecule has 2 heterocycles. The van der Waals surface area contributed by atoms with Gasteiger partial charge in [-0.3, -0.25) is 4.79 Å². The van der Waals surface area contributed by atoms with Crippen molar-refractivity contribution in [2.75, 3.05) is 11.9 Å². The molecule has 0 saturated carbocycles. The molecule has 0 spiro atoms. The van der Waals surface area contributed by atoms with Crippen molar-refractivity contribution >= 4 is 32.4 Å². The van der Waals surface area contributed by atoms with E-state index in [0.717, 1.165) is 0 Å². The maximum atomic E-state index is 11.8. The third kappa shape index (κ3) is 3.51. The van der Waals surface area contributed by atoms with Gasteiger partial charge in [-0.1, -0.05) is 11.3 Å². The Bertz CT molecular complexity index is 845. The molecule has 0 saturated heterocycles. The molecular weight excluding hydrogens is 328 g/mol. The smallest absolute Gasteiger partial charge is 0.274 e. The highest BCUT2D eigenvalue weighted by Crippen LogP contribution is 2.34. The van der Waals surface area contributed by atoms with Crippen LogP contribution in [0.3, 0.4) is 0 Å².